The van der Waals surface area contributed by atoms with Gasteiger partial charge in [-0.15, -0.1) is 0 Å². The molecule has 4 aromatic heterocycles. The highest BCUT2D eigenvalue weighted by Gasteiger charge is 2.21. The van der Waals surface area contributed by atoms with Crippen LogP contribution in [0.3, 0.4) is 0 Å². The highest BCUT2D eigenvalue weighted by atomic mass is 79.9. The van der Waals surface area contributed by atoms with Crippen molar-refractivity contribution in [2.45, 2.75) is 25.7 Å². The van der Waals surface area contributed by atoms with E-state index in [2.05, 4.69) is 56.7 Å². The van der Waals surface area contributed by atoms with Gasteiger partial charge in [0.2, 0.25) is 0 Å². The van der Waals surface area contributed by atoms with Crippen LogP contribution < -0.4 is 10.6 Å². The van der Waals surface area contributed by atoms with E-state index in [0.717, 1.165) is 63.1 Å². The second kappa shape index (κ2) is 15.5. The summed E-state index contributed by atoms with van der Waals surface area (Å²) in [7, 11) is 0. The molecule has 17 heteroatoms. The van der Waals surface area contributed by atoms with Crippen LogP contribution in [-0.4, -0.2) is 87.2 Å². The maximum Gasteiger partial charge on any atom is 0.321 e. The Labute approximate surface area is 321 Å². The zero-order valence-corrected chi connectivity index (χ0v) is 30.8. The predicted molar refractivity (Wildman–Crippen MR) is 205 cm³/mol. The third kappa shape index (κ3) is 7.68. The minimum absolute atomic E-state index is 0.172. The fourth-order valence-electron chi connectivity index (χ4n) is 6.43. The van der Waals surface area contributed by atoms with Gasteiger partial charge in [-0.25, -0.2) is 38.3 Å². The number of likely N-dealkylation sites (tertiary alicyclic amines) is 2. The van der Waals surface area contributed by atoms with Crippen LogP contribution in [0.25, 0.3) is 45.3 Å². The Kier molecular flexibility index (Phi) is 10.1. The molecule has 4 amide bonds. The molecular weight excluding hydrogens is 774 g/mol. The summed E-state index contributed by atoms with van der Waals surface area (Å²) in [5, 5.41) is 14.3. The number of benzene rings is 3. The van der Waals surface area contributed by atoms with Crippen molar-refractivity contribution in [2.75, 3.05) is 36.8 Å². The van der Waals surface area contributed by atoms with Gasteiger partial charge in [-0.05, 0) is 78.0 Å². The first-order valence-electron chi connectivity index (χ1n) is 17.6. The number of halogens is 3. The first kappa shape index (κ1) is 35.7. The Balaban J connectivity index is 0.000000158. The number of imidazole rings is 2. The number of carbonyl (C=O) groups excluding carboxylic acids is 2. The lowest BCUT2D eigenvalue weighted by Crippen LogP contribution is -2.32. The SMILES string of the molecule is O=C(Nc1ccc(F)c(-c2cnn3c(-c4ccccc4)cnc3n2)c1)N1CCCC1.O=C(Nc1ccc(F)c(-c2cnn3c(Br)cnc3n2)c1)N1CCCC1. The summed E-state index contributed by atoms with van der Waals surface area (Å²) in [4.78, 5) is 45.3. The number of aromatic nitrogens is 8. The molecule has 0 unspecified atom stereocenters. The van der Waals surface area contributed by atoms with Crippen LogP contribution in [0.15, 0.2) is 96.1 Å². The van der Waals surface area contributed by atoms with E-state index in [9.17, 15) is 18.4 Å². The largest absolute Gasteiger partial charge is 0.325 e. The lowest BCUT2D eigenvalue weighted by atomic mass is 10.1. The molecule has 3 aromatic carbocycles. The molecule has 14 nitrogen and oxygen atoms in total. The van der Waals surface area contributed by atoms with Gasteiger partial charge in [0.15, 0.2) is 0 Å². The van der Waals surface area contributed by atoms with Crippen LogP contribution in [0, 0.1) is 11.6 Å². The molecule has 0 radical (unpaired) electrons. The molecule has 0 aliphatic carbocycles. The Morgan fingerprint density at radius 3 is 1.65 bits per heavy atom. The first-order valence-corrected chi connectivity index (χ1v) is 18.4. The number of anilines is 2. The normalized spacial score (nSPS) is 13.9. The predicted octanol–water partition coefficient (Wildman–Crippen LogP) is 7.55. The zero-order chi connectivity index (χ0) is 37.9. The van der Waals surface area contributed by atoms with Gasteiger partial charge in [0.25, 0.3) is 11.6 Å². The summed E-state index contributed by atoms with van der Waals surface area (Å²) in [5.41, 5.74) is 4.00. The van der Waals surface area contributed by atoms with E-state index in [1.54, 1.807) is 44.9 Å². The van der Waals surface area contributed by atoms with Crippen LogP contribution in [0.2, 0.25) is 0 Å². The van der Waals surface area contributed by atoms with Crippen LogP contribution in [0.1, 0.15) is 25.7 Å². The van der Waals surface area contributed by atoms with Crippen molar-refractivity contribution in [3.8, 4) is 33.8 Å². The molecule has 2 fully saturated rings. The van der Waals surface area contributed by atoms with Crippen molar-refractivity contribution in [2.24, 2.45) is 0 Å². The fraction of sp³-hybridized carbons (Fsp3) is 0.211. The van der Waals surface area contributed by atoms with Crippen molar-refractivity contribution in [3.63, 3.8) is 0 Å². The van der Waals surface area contributed by atoms with E-state index in [1.807, 2.05) is 30.3 Å². The highest BCUT2D eigenvalue weighted by molar-refractivity contribution is 9.10. The number of hydrogen-bond acceptors (Lipinski definition) is 8. The quantitative estimate of drug-likeness (QED) is 0.181. The third-order valence-electron chi connectivity index (χ3n) is 9.27. The molecule has 0 spiro atoms. The Bertz CT molecular complexity index is 2520. The van der Waals surface area contributed by atoms with Gasteiger partial charge in [-0.1, -0.05) is 30.3 Å². The van der Waals surface area contributed by atoms with Crippen molar-refractivity contribution < 1.29 is 18.4 Å². The summed E-state index contributed by atoms with van der Waals surface area (Å²) in [6, 6.07) is 18.2. The molecule has 55 heavy (non-hydrogen) atoms. The van der Waals surface area contributed by atoms with Gasteiger partial charge in [-0.2, -0.15) is 19.2 Å². The van der Waals surface area contributed by atoms with Crippen LogP contribution in [-0.2, 0) is 0 Å². The molecule has 0 bridgehead atoms. The minimum Gasteiger partial charge on any atom is -0.325 e. The first-order chi connectivity index (χ1) is 26.8. The average molecular weight is 808 g/mol. The Morgan fingerprint density at radius 2 is 1.11 bits per heavy atom. The smallest absolute Gasteiger partial charge is 0.321 e. The lowest BCUT2D eigenvalue weighted by molar-refractivity contribution is 0.222. The second-order valence-electron chi connectivity index (χ2n) is 12.9. The summed E-state index contributed by atoms with van der Waals surface area (Å²) >= 11 is 3.30. The molecular formula is C38H33BrF2N12O2. The van der Waals surface area contributed by atoms with Crippen LogP contribution >= 0.6 is 15.9 Å². The number of nitrogens with zero attached hydrogens (tertiary/aromatic N) is 10. The third-order valence-corrected chi connectivity index (χ3v) is 9.81. The van der Waals surface area contributed by atoms with Gasteiger partial charge < -0.3 is 20.4 Å². The minimum atomic E-state index is -0.442. The van der Waals surface area contributed by atoms with Gasteiger partial charge in [-0.3, -0.25) is 0 Å². The van der Waals surface area contributed by atoms with E-state index in [1.165, 1.54) is 35.1 Å². The Hall–Kier alpha value is -6.36. The van der Waals surface area contributed by atoms with Crippen molar-refractivity contribution in [1.29, 1.82) is 0 Å². The van der Waals surface area contributed by atoms with Gasteiger partial charge in [0.1, 0.15) is 16.2 Å². The van der Waals surface area contributed by atoms with Gasteiger partial charge in [0, 0.05) is 54.2 Å². The molecule has 0 atom stereocenters. The maximum absolute atomic E-state index is 14.5. The molecule has 2 saturated heterocycles. The summed E-state index contributed by atoms with van der Waals surface area (Å²) in [5.74, 6) is -0.154. The lowest BCUT2D eigenvalue weighted by Gasteiger charge is -2.16. The molecule has 2 aliphatic heterocycles. The Morgan fingerprint density at radius 1 is 0.618 bits per heavy atom. The number of fused-ring (bicyclic) bond motifs is 2. The number of nitrogens with one attached hydrogen (secondary N) is 2. The van der Waals surface area contributed by atoms with E-state index < -0.39 is 11.6 Å². The van der Waals surface area contributed by atoms with E-state index in [4.69, 9.17) is 0 Å². The topological polar surface area (TPSA) is 151 Å². The molecule has 6 heterocycles. The standard InChI is InChI=1S/C22H19FN6O.C16H14BrFN6O/c23-18-9-8-16(26-22(30)28-10-4-5-11-28)12-17(18)19-13-25-29-20(14-24-21(29)27-19)15-6-2-1-3-7-15;17-14-9-19-15-22-13(8-20-24(14)15)11-7-10(3-4-12(11)18)21-16(25)23-5-1-2-6-23/h1-3,6-9,12-14H,4-5,10-11H2,(H,26,30);3-4,7-9H,1-2,5-6H2,(H,21,25). The summed E-state index contributed by atoms with van der Waals surface area (Å²) in [6.07, 6.45) is 10.3. The fourth-order valence-corrected chi connectivity index (χ4v) is 6.78. The molecule has 0 saturated carbocycles. The zero-order valence-electron chi connectivity index (χ0n) is 29.2. The van der Waals surface area contributed by atoms with Crippen molar-refractivity contribution in [3.05, 3.63) is 108 Å². The molecule has 2 aliphatic rings. The van der Waals surface area contributed by atoms with E-state index >= 15 is 0 Å². The molecule has 9 rings (SSSR count). The molecule has 2 N–H and O–H groups in total. The highest BCUT2D eigenvalue weighted by Crippen LogP contribution is 2.28. The van der Waals surface area contributed by atoms with Crippen molar-refractivity contribution in [1.82, 2.24) is 49.0 Å². The summed E-state index contributed by atoms with van der Waals surface area (Å²) in [6.45, 7) is 2.98. The van der Waals surface area contributed by atoms with E-state index in [-0.39, 0.29) is 23.2 Å². The maximum atomic E-state index is 14.5. The molecule has 7 aromatic rings. The average Bonchev–Trinajstić information content (AvgIpc) is 4.05. The van der Waals surface area contributed by atoms with Crippen LogP contribution in [0.4, 0.5) is 29.7 Å². The number of urea groups is 2. The van der Waals surface area contributed by atoms with Gasteiger partial charge in [0.05, 0.1) is 41.9 Å². The van der Waals surface area contributed by atoms with Gasteiger partial charge >= 0.3 is 12.1 Å². The monoisotopic (exact) mass is 806 g/mol. The van der Waals surface area contributed by atoms with Crippen LogP contribution in [0.5, 0.6) is 0 Å². The van der Waals surface area contributed by atoms with E-state index in [0.29, 0.717) is 38.9 Å². The number of carbonyl (C=O) groups is 2. The second-order valence-corrected chi connectivity index (χ2v) is 13.7. The number of hydrogen-bond donors (Lipinski definition) is 2. The molecule has 278 valence electrons. The number of amides is 4. The number of rotatable bonds is 5. The summed E-state index contributed by atoms with van der Waals surface area (Å²) < 4.78 is 32.6. The van der Waals surface area contributed by atoms with Crippen molar-refractivity contribution >= 4 is 50.9 Å².